The van der Waals surface area contributed by atoms with Crippen molar-refractivity contribution in [1.82, 2.24) is 4.98 Å². The molecule has 21 heavy (non-hydrogen) atoms. The number of nitrogens with one attached hydrogen (secondary N) is 1. The highest BCUT2D eigenvalue weighted by atomic mass is 16.1. The maximum Gasteiger partial charge on any atom is 0.256 e. The SMILES string of the molecule is Cc1cc(C(=O)Nc2ncccc2C)ccc1C#CCN. The Kier molecular flexibility index (Phi) is 4.70. The van der Waals surface area contributed by atoms with Gasteiger partial charge in [-0.15, -0.1) is 0 Å². The molecule has 2 aromatic rings. The maximum atomic E-state index is 12.2. The number of hydrogen-bond acceptors (Lipinski definition) is 3. The van der Waals surface area contributed by atoms with E-state index in [2.05, 4.69) is 22.1 Å². The molecule has 1 aromatic carbocycles. The van der Waals surface area contributed by atoms with Gasteiger partial charge in [0.05, 0.1) is 6.54 Å². The van der Waals surface area contributed by atoms with Gasteiger partial charge < -0.3 is 11.1 Å². The van der Waals surface area contributed by atoms with Crippen LogP contribution < -0.4 is 11.1 Å². The van der Waals surface area contributed by atoms with Gasteiger partial charge in [-0.2, -0.15) is 0 Å². The number of aromatic nitrogens is 1. The molecule has 3 N–H and O–H groups in total. The highest BCUT2D eigenvalue weighted by Crippen LogP contribution is 2.14. The molecule has 106 valence electrons. The number of nitrogens with two attached hydrogens (primary N) is 1. The highest BCUT2D eigenvalue weighted by molar-refractivity contribution is 6.04. The van der Waals surface area contributed by atoms with Gasteiger partial charge in [-0.25, -0.2) is 4.98 Å². The van der Waals surface area contributed by atoms with E-state index in [9.17, 15) is 4.79 Å². The van der Waals surface area contributed by atoms with E-state index in [0.29, 0.717) is 17.9 Å². The molecule has 0 aliphatic rings. The van der Waals surface area contributed by atoms with Crippen molar-refractivity contribution in [1.29, 1.82) is 0 Å². The van der Waals surface area contributed by atoms with E-state index in [0.717, 1.165) is 16.7 Å². The molecule has 4 heteroatoms. The van der Waals surface area contributed by atoms with Crippen LogP contribution in [0.15, 0.2) is 36.5 Å². The quantitative estimate of drug-likeness (QED) is 0.829. The molecule has 1 heterocycles. The molecular weight excluding hydrogens is 262 g/mol. The minimum atomic E-state index is -0.182. The van der Waals surface area contributed by atoms with Gasteiger partial charge in [0.1, 0.15) is 5.82 Å². The van der Waals surface area contributed by atoms with Gasteiger partial charge in [-0.3, -0.25) is 4.79 Å². The number of nitrogens with zero attached hydrogens (tertiary/aromatic N) is 1. The van der Waals surface area contributed by atoms with Gasteiger partial charge in [-0.05, 0) is 49.2 Å². The van der Waals surface area contributed by atoms with Crippen LogP contribution in [0, 0.1) is 25.7 Å². The lowest BCUT2D eigenvalue weighted by Crippen LogP contribution is -2.14. The van der Waals surface area contributed by atoms with Crippen molar-refractivity contribution in [3.05, 3.63) is 58.8 Å². The summed E-state index contributed by atoms with van der Waals surface area (Å²) in [5.41, 5.74) is 8.69. The molecule has 0 saturated heterocycles. The van der Waals surface area contributed by atoms with Gasteiger partial charge >= 0.3 is 0 Å². The van der Waals surface area contributed by atoms with Crippen molar-refractivity contribution in [2.75, 3.05) is 11.9 Å². The van der Waals surface area contributed by atoms with Gasteiger partial charge in [0, 0.05) is 17.3 Å². The summed E-state index contributed by atoms with van der Waals surface area (Å²) in [4.78, 5) is 16.4. The molecule has 1 aromatic heterocycles. The Morgan fingerprint density at radius 3 is 2.76 bits per heavy atom. The van der Waals surface area contributed by atoms with Crippen LogP contribution in [0.3, 0.4) is 0 Å². The summed E-state index contributed by atoms with van der Waals surface area (Å²) in [5, 5.41) is 2.81. The van der Waals surface area contributed by atoms with Crippen LogP contribution in [0.25, 0.3) is 0 Å². The Labute approximate surface area is 124 Å². The van der Waals surface area contributed by atoms with Crippen molar-refractivity contribution in [2.45, 2.75) is 13.8 Å². The third kappa shape index (κ3) is 3.68. The zero-order chi connectivity index (χ0) is 15.2. The molecule has 0 atom stereocenters. The highest BCUT2D eigenvalue weighted by Gasteiger charge is 2.09. The second-order valence-corrected chi connectivity index (χ2v) is 4.66. The van der Waals surface area contributed by atoms with Gasteiger partial charge in [0.25, 0.3) is 5.91 Å². The Hall–Kier alpha value is -2.64. The molecule has 0 radical (unpaired) electrons. The van der Waals surface area contributed by atoms with Crippen molar-refractivity contribution in [2.24, 2.45) is 5.73 Å². The van der Waals surface area contributed by atoms with Gasteiger partial charge in [-0.1, -0.05) is 17.9 Å². The number of rotatable bonds is 2. The molecule has 1 amide bonds. The van der Waals surface area contributed by atoms with E-state index < -0.39 is 0 Å². The fraction of sp³-hybridized carbons (Fsp3) is 0.176. The Balaban J connectivity index is 2.21. The van der Waals surface area contributed by atoms with E-state index in [1.54, 1.807) is 12.3 Å². The number of hydrogen-bond donors (Lipinski definition) is 2. The van der Waals surface area contributed by atoms with Crippen LogP contribution in [0.5, 0.6) is 0 Å². The predicted molar refractivity (Wildman–Crippen MR) is 84.0 cm³/mol. The molecule has 0 saturated carbocycles. The van der Waals surface area contributed by atoms with Gasteiger partial charge in [0.2, 0.25) is 0 Å². The van der Waals surface area contributed by atoms with E-state index in [-0.39, 0.29) is 5.91 Å². The lowest BCUT2D eigenvalue weighted by atomic mass is 10.0. The molecule has 0 unspecified atom stereocenters. The summed E-state index contributed by atoms with van der Waals surface area (Å²) in [7, 11) is 0. The molecule has 0 spiro atoms. The number of carbonyl (C=O) groups is 1. The van der Waals surface area contributed by atoms with E-state index >= 15 is 0 Å². The Morgan fingerprint density at radius 2 is 2.10 bits per heavy atom. The first kappa shape index (κ1) is 14.8. The van der Waals surface area contributed by atoms with Crippen molar-refractivity contribution >= 4 is 11.7 Å². The van der Waals surface area contributed by atoms with Crippen LogP contribution in [0.2, 0.25) is 0 Å². The van der Waals surface area contributed by atoms with Crippen molar-refractivity contribution < 1.29 is 4.79 Å². The van der Waals surface area contributed by atoms with Gasteiger partial charge in [0.15, 0.2) is 0 Å². The summed E-state index contributed by atoms with van der Waals surface area (Å²) in [6.07, 6.45) is 1.65. The van der Waals surface area contributed by atoms with E-state index in [1.807, 2.05) is 38.1 Å². The smallest absolute Gasteiger partial charge is 0.256 e. The standard InChI is InChI=1S/C17H17N3O/c1-12-5-4-10-19-16(12)20-17(21)15-8-7-14(6-3-9-18)13(2)11-15/h4-5,7-8,10-11H,9,18H2,1-2H3,(H,19,20,21). The summed E-state index contributed by atoms with van der Waals surface area (Å²) >= 11 is 0. The first-order valence-corrected chi connectivity index (χ1v) is 6.64. The predicted octanol–water partition coefficient (Wildman–Crippen LogP) is 2.26. The summed E-state index contributed by atoms with van der Waals surface area (Å²) in [6.45, 7) is 4.14. The second kappa shape index (κ2) is 6.69. The molecule has 0 bridgehead atoms. The fourth-order valence-corrected chi connectivity index (χ4v) is 1.89. The summed E-state index contributed by atoms with van der Waals surface area (Å²) in [5.74, 6) is 6.18. The minimum Gasteiger partial charge on any atom is -0.320 e. The summed E-state index contributed by atoms with van der Waals surface area (Å²) < 4.78 is 0. The maximum absolute atomic E-state index is 12.2. The number of carbonyl (C=O) groups excluding carboxylic acids is 1. The Morgan fingerprint density at radius 1 is 1.29 bits per heavy atom. The molecule has 0 fully saturated rings. The van der Waals surface area contributed by atoms with Crippen LogP contribution in [-0.2, 0) is 0 Å². The van der Waals surface area contributed by atoms with Crippen LogP contribution in [0.4, 0.5) is 5.82 Å². The van der Waals surface area contributed by atoms with E-state index in [1.165, 1.54) is 0 Å². The molecule has 0 aliphatic heterocycles. The monoisotopic (exact) mass is 279 g/mol. The zero-order valence-corrected chi connectivity index (χ0v) is 12.1. The Bertz CT molecular complexity index is 726. The second-order valence-electron chi connectivity index (χ2n) is 4.66. The lowest BCUT2D eigenvalue weighted by molar-refractivity contribution is 0.102. The van der Waals surface area contributed by atoms with Crippen LogP contribution in [-0.4, -0.2) is 17.4 Å². The number of benzene rings is 1. The summed E-state index contributed by atoms with van der Waals surface area (Å²) in [6, 6.07) is 9.13. The molecular formula is C17H17N3O. The third-order valence-electron chi connectivity index (χ3n) is 3.06. The third-order valence-corrected chi connectivity index (χ3v) is 3.06. The first-order valence-electron chi connectivity index (χ1n) is 6.64. The number of pyridine rings is 1. The zero-order valence-electron chi connectivity index (χ0n) is 12.1. The van der Waals surface area contributed by atoms with Crippen molar-refractivity contribution in [3.63, 3.8) is 0 Å². The van der Waals surface area contributed by atoms with Crippen LogP contribution >= 0.6 is 0 Å². The number of amides is 1. The first-order chi connectivity index (χ1) is 10.1. The minimum absolute atomic E-state index is 0.182. The molecule has 4 nitrogen and oxygen atoms in total. The lowest BCUT2D eigenvalue weighted by Gasteiger charge is -2.08. The van der Waals surface area contributed by atoms with E-state index in [4.69, 9.17) is 5.73 Å². The average Bonchev–Trinajstić information content (AvgIpc) is 2.48. The average molecular weight is 279 g/mol. The number of anilines is 1. The molecule has 2 rings (SSSR count). The van der Waals surface area contributed by atoms with Crippen molar-refractivity contribution in [3.8, 4) is 11.8 Å². The molecule has 0 aliphatic carbocycles. The number of aryl methyl sites for hydroxylation is 2. The topological polar surface area (TPSA) is 68.0 Å². The fourth-order valence-electron chi connectivity index (χ4n) is 1.89. The normalized spacial score (nSPS) is 9.67. The van der Waals surface area contributed by atoms with Crippen LogP contribution in [0.1, 0.15) is 27.0 Å². The largest absolute Gasteiger partial charge is 0.320 e.